The van der Waals surface area contributed by atoms with E-state index >= 15 is 0 Å². The van der Waals surface area contributed by atoms with Crippen LogP contribution >= 0.6 is 0 Å². The first-order chi connectivity index (χ1) is 11.0. The minimum atomic E-state index is -0.734. The van der Waals surface area contributed by atoms with E-state index in [0.717, 1.165) is 5.56 Å². The lowest BCUT2D eigenvalue weighted by Gasteiger charge is -2.07. The fraction of sp³-hybridized carbons (Fsp3) is 0.222. The van der Waals surface area contributed by atoms with Gasteiger partial charge in [0.1, 0.15) is 17.1 Å². The van der Waals surface area contributed by atoms with Crippen LogP contribution in [0.25, 0.3) is 0 Å². The van der Waals surface area contributed by atoms with Crippen LogP contribution in [0.15, 0.2) is 42.5 Å². The second kappa shape index (κ2) is 7.45. The number of esters is 1. The molecule has 0 aliphatic carbocycles. The first-order valence-corrected chi connectivity index (χ1v) is 7.24. The fourth-order valence-electron chi connectivity index (χ4n) is 2.01. The number of phenolic OH excluding ortho intramolecular Hbond substituents is 1. The van der Waals surface area contributed by atoms with Gasteiger partial charge in [-0.05, 0) is 55.8 Å². The maximum Gasteiger partial charge on any atom is 0.342 e. The van der Waals surface area contributed by atoms with E-state index in [1.807, 2.05) is 6.92 Å². The highest BCUT2D eigenvalue weighted by Gasteiger charge is 2.15. The molecule has 0 aliphatic rings. The van der Waals surface area contributed by atoms with E-state index < -0.39 is 5.97 Å². The number of rotatable bonds is 6. The fourth-order valence-corrected chi connectivity index (χ4v) is 2.01. The van der Waals surface area contributed by atoms with E-state index in [0.29, 0.717) is 17.9 Å². The number of aromatic hydroxyl groups is 1. The quantitative estimate of drug-likeness (QED) is 0.655. The Balaban J connectivity index is 1.96. The summed E-state index contributed by atoms with van der Waals surface area (Å²) in [5, 5.41) is 9.73. The average molecular weight is 314 g/mol. The van der Waals surface area contributed by atoms with E-state index in [1.54, 1.807) is 37.3 Å². The van der Waals surface area contributed by atoms with Gasteiger partial charge >= 0.3 is 5.97 Å². The third-order valence-electron chi connectivity index (χ3n) is 3.19. The van der Waals surface area contributed by atoms with Crippen molar-refractivity contribution < 1.29 is 24.2 Å². The van der Waals surface area contributed by atoms with Gasteiger partial charge in [-0.25, -0.2) is 4.79 Å². The molecule has 0 amide bonds. The number of benzene rings is 2. The summed E-state index contributed by atoms with van der Waals surface area (Å²) in [4.78, 5) is 23.9. The van der Waals surface area contributed by atoms with Crippen LogP contribution in [0.1, 0.15) is 33.2 Å². The largest absolute Gasteiger partial charge is 0.507 e. The Labute approximate surface area is 134 Å². The van der Waals surface area contributed by atoms with Crippen molar-refractivity contribution in [2.24, 2.45) is 0 Å². The van der Waals surface area contributed by atoms with Crippen molar-refractivity contribution in [2.45, 2.75) is 13.8 Å². The van der Waals surface area contributed by atoms with Gasteiger partial charge in [0, 0.05) is 5.56 Å². The standard InChI is InChI=1S/C18H18O5/c1-3-22-14-7-5-13(6-8-14)17(20)11-23-18(21)15-9-4-12(2)10-16(15)19/h4-10,19H,3,11H2,1-2H3. The highest BCUT2D eigenvalue weighted by molar-refractivity contribution is 6.00. The Kier molecular flexibility index (Phi) is 5.36. The smallest absolute Gasteiger partial charge is 0.342 e. The summed E-state index contributed by atoms with van der Waals surface area (Å²) in [5.74, 6) is -0.552. The molecule has 0 spiro atoms. The van der Waals surface area contributed by atoms with Crippen LogP contribution in [-0.2, 0) is 4.74 Å². The highest BCUT2D eigenvalue weighted by Crippen LogP contribution is 2.19. The normalized spacial score (nSPS) is 10.2. The van der Waals surface area contributed by atoms with Gasteiger partial charge in [-0.2, -0.15) is 0 Å². The molecule has 0 unspecified atom stereocenters. The van der Waals surface area contributed by atoms with Gasteiger partial charge in [0.25, 0.3) is 0 Å². The van der Waals surface area contributed by atoms with Crippen LogP contribution in [0.5, 0.6) is 11.5 Å². The predicted molar refractivity (Wildman–Crippen MR) is 85.1 cm³/mol. The van der Waals surface area contributed by atoms with Gasteiger partial charge in [-0.1, -0.05) is 6.07 Å². The van der Waals surface area contributed by atoms with E-state index in [4.69, 9.17) is 9.47 Å². The predicted octanol–water partition coefficient (Wildman–Crippen LogP) is 3.14. The zero-order chi connectivity index (χ0) is 16.8. The first-order valence-electron chi connectivity index (χ1n) is 7.24. The Morgan fingerprint density at radius 2 is 1.78 bits per heavy atom. The highest BCUT2D eigenvalue weighted by atomic mass is 16.5. The summed E-state index contributed by atoms with van der Waals surface area (Å²) < 4.78 is 10.3. The molecule has 0 aromatic heterocycles. The van der Waals surface area contributed by atoms with Crippen LogP contribution in [-0.4, -0.2) is 30.1 Å². The minimum absolute atomic E-state index is 0.0371. The first kappa shape index (κ1) is 16.5. The van der Waals surface area contributed by atoms with Gasteiger partial charge in [-0.3, -0.25) is 4.79 Å². The second-order valence-electron chi connectivity index (χ2n) is 4.98. The van der Waals surface area contributed by atoms with Crippen molar-refractivity contribution in [3.05, 3.63) is 59.2 Å². The zero-order valence-corrected chi connectivity index (χ0v) is 13.0. The molecule has 2 rings (SSSR count). The molecule has 0 saturated carbocycles. The number of Topliss-reactive ketones (excluding diaryl/α,β-unsaturated/α-hetero) is 1. The Bertz CT molecular complexity index is 704. The number of carbonyl (C=O) groups is 2. The third kappa shape index (κ3) is 4.32. The molecule has 0 saturated heterocycles. The number of hydrogen-bond acceptors (Lipinski definition) is 5. The molecule has 2 aromatic rings. The number of ketones is 1. The molecular weight excluding hydrogens is 296 g/mol. The van der Waals surface area contributed by atoms with Gasteiger partial charge in [0.05, 0.1) is 6.61 Å². The lowest BCUT2D eigenvalue weighted by molar-refractivity contribution is 0.0472. The molecule has 1 N–H and O–H groups in total. The SMILES string of the molecule is CCOc1ccc(C(=O)COC(=O)c2ccc(C)cc2O)cc1. The van der Waals surface area contributed by atoms with Crippen molar-refractivity contribution in [1.29, 1.82) is 0 Å². The zero-order valence-electron chi connectivity index (χ0n) is 13.0. The number of ether oxygens (including phenoxy) is 2. The molecule has 2 aromatic carbocycles. The number of phenols is 1. The van der Waals surface area contributed by atoms with Crippen molar-refractivity contribution in [3.63, 3.8) is 0 Å². The maximum absolute atomic E-state index is 12.0. The molecule has 120 valence electrons. The van der Waals surface area contributed by atoms with E-state index in [1.165, 1.54) is 12.1 Å². The Morgan fingerprint density at radius 3 is 2.39 bits per heavy atom. The van der Waals surface area contributed by atoms with Gasteiger partial charge in [0.15, 0.2) is 12.4 Å². The lowest BCUT2D eigenvalue weighted by Crippen LogP contribution is -2.14. The van der Waals surface area contributed by atoms with Crippen LogP contribution in [0.3, 0.4) is 0 Å². The van der Waals surface area contributed by atoms with Crippen LogP contribution in [0.2, 0.25) is 0 Å². The molecule has 0 fully saturated rings. The topological polar surface area (TPSA) is 72.8 Å². The summed E-state index contributed by atoms with van der Waals surface area (Å²) in [6, 6.07) is 11.2. The Morgan fingerprint density at radius 1 is 1.09 bits per heavy atom. The molecule has 0 atom stereocenters. The van der Waals surface area contributed by atoms with E-state index in [2.05, 4.69) is 0 Å². The molecule has 0 aliphatic heterocycles. The molecule has 23 heavy (non-hydrogen) atoms. The molecular formula is C18H18O5. The van der Waals surface area contributed by atoms with Gasteiger partial charge < -0.3 is 14.6 Å². The lowest BCUT2D eigenvalue weighted by atomic mass is 10.1. The maximum atomic E-state index is 12.0. The monoisotopic (exact) mass is 314 g/mol. The van der Waals surface area contributed by atoms with Crippen LogP contribution < -0.4 is 4.74 Å². The summed E-state index contributed by atoms with van der Waals surface area (Å²) in [5.41, 5.74) is 1.29. The summed E-state index contributed by atoms with van der Waals surface area (Å²) >= 11 is 0. The summed E-state index contributed by atoms with van der Waals surface area (Å²) in [7, 11) is 0. The van der Waals surface area contributed by atoms with Crippen LogP contribution in [0.4, 0.5) is 0 Å². The van der Waals surface area contributed by atoms with E-state index in [-0.39, 0.29) is 23.7 Å². The van der Waals surface area contributed by atoms with Crippen molar-refractivity contribution in [1.82, 2.24) is 0 Å². The van der Waals surface area contributed by atoms with Crippen LogP contribution in [0, 0.1) is 6.92 Å². The van der Waals surface area contributed by atoms with Crippen molar-refractivity contribution in [2.75, 3.05) is 13.2 Å². The number of carbonyl (C=O) groups excluding carboxylic acids is 2. The molecule has 0 heterocycles. The minimum Gasteiger partial charge on any atom is -0.507 e. The van der Waals surface area contributed by atoms with Crippen molar-refractivity contribution in [3.8, 4) is 11.5 Å². The molecule has 0 bridgehead atoms. The molecule has 0 radical (unpaired) electrons. The van der Waals surface area contributed by atoms with Gasteiger partial charge in [-0.15, -0.1) is 0 Å². The van der Waals surface area contributed by atoms with Crippen molar-refractivity contribution >= 4 is 11.8 Å². The average Bonchev–Trinajstić information content (AvgIpc) is 2.53. The number of aryl methyl sites for hydroxylation is 1. The number of hydrogen-bond donors (Lipinski definition) is 1. The van der Waals surface area contributed by atoms with Gasteiger partial charge in [0.2, 0.25) is 0 Å². The van der Waals surface area contributed by atoms with E-state index in [9.17, 15) is 14.7 Å². The second-order valence-corrected chi connectivity index (χ2v) is 4.98. The summed E-state index contributed by atoms with van der Waals surface area (Å²) in [6.45, 7) is 3.83. The molecule has 5 heteroatoms. The third-order valence-corrected chi connectivity index (χ3v) is 3.19. The summed E-state index contributed by atoms with van der Waals surface area (Å²) in [6.07, 6.45) is 0. The Hall–Kier alpha value is -2.82. The molecule has 5 nitrogen and oxygen atoms in total.